The van der Waals surface area contributed by atoms with Gasteiger partial charge in [0.25, 0.3) is 0 Å². The van der Waals surface area contributed by atoms with Crippen LogP contribution < -0.4 is 10.6 Å². The van der Waals surface area contributed by atoms with Crippen LogP contribution in [0.1, 0.15) is 185 Å². The molecule has 0 aliphatic carbocycles. The van der Waals surface area contributed by atoms with Gasteiger partial charge in [0.15, 0.2) is 0 Å². The molecule has 4 fully saturated rings. The standard InChI is InChI=1S/C42H52N6O7.C42H52N6O6/c1-25(2)33(19-37(50)54-6)40(51)48-23-31(24-49)18-35(48)34-17-30(20-43-34)13-12-28-8-10-29(11-9-28)14-15-32-21-44-39(45-32)36-16-27(5)22-47(36)41(52)38(26(3)4)46-42(53)55-7;1-25(2)33(20-37(49)53-7)40(50)47-23-27(5)17-35(47)34-19-31(21-43-34)14-13-29-9-11-30(12-10-29)15-16-32-22-44-39(45-32)36-18-28(6)24-48(36)41(51)38(26(3)4)46-42(52)54-8/h8-11,20-21,25-27,31,33,35-36,38,49H,16-19,22-24H2,1-7H3,(H,44,45)(H,46,53);9-12,21-22,25-28,33,35-36,38H,17-20,23-24H2,1-8H3,(H,44,45)(H,46,52)/t;27-,28-,33-,35-,36-,38-/m.0/s1/i;40+2,41+2. The molecule has 6 aliphatic rings. The van der Waals surface area contributed by atoms with Gasteiger partial charge in [-0.05, 0) is 127 Å². The normalized spacial score (nSPS) is 21.7. The minimum Gasteiger partial charge on any atom is -0.469 e. The van der Waals surface area contributed by atoms with Crippen LogP contribution in [-0.4, -0.2) is 189 Å². The first kappa shape index (κ1) is 82.3. The van der Waals surface area contributed by atoms with Crippen molar-refractivity contribution in [2.45, 2.75) is 164 Å². The van der Waals surface area contributed by atoms with Gasteiger partial charge >= 0.3 is 24.1 Å². The largest absolute Gasteiger partial charge is 0.469 e. The van der Waals surface area contributed by atoms with E-state index in [-0.39, 0.29) is 115 Å². The summed E-state index contributed by atoms with van der Waals surface area (Å²) in [5.41, 5.74) is 8.01. The van der Waals surface area contributed by atoms with Gasteiger partial charge in [0, 0.05) is 109 Å². The summed E-state index contributed by atoms with van der Waals surface area (Å²) in [6.07, 6.45) is 9.70. The van der Waals surface area contributed by atoms with E-state index in [1.165, 1.54) is 28.4 Å². The van der Waals surface area contributed by atoms with Gasteiger partial charge in [0.05, 0.1) is 89.7 Å². The Morgan fingerprint density at radius 2 is 0.963 bits per heavy atom. The number of aromatic amines is 2. The zero-order chi connectivity index (χ0) is 78.9. The summed E-state index contributed by atoms with van der Waals surface area (Å²) in [6.45, 7) is 23.8. The lowest BCUT2D eigenvalue weighted by Crippen LogP contribution is -2.51. The number of hydrogen-bond donors (Lipinski definition) is 5. The number of H-pyrrole nitrogens is 2. The highest BCUT2D eigenvalue weighted by Crippen LogP contribution is 2.38. The summed E-state index contributed by atoms with van der Waals surface area (Å²) in [7, 11) is 5.23. The zero-order valence-electron chi connectivity index (χ0n) is 65.3. The Balaban J connectivity index is 0.000000251. The third-order valence-corrected chi connectivity index (χ3v) is 20.9. The van der Waals surface area contributed by atoms with E-state index in [1.54, 1.807) is 39.5 Å². The van der Waals surface area contributed by atoms with E-state index in [1.807, 2.05) is 109 Å². The molecule has 2 aromatic heterocycles. The van der Waals surface area contributed by atoms with Crippen molar-refractivity contribution >= 4 is 59.2 Å². The predicted molar refractivity (Wildman–Crippen MR) is 411 cm³/mol. The van der Waals surface area contributed by atoms with E-state index in [9.17, 15) is 43.5 Å². The second-order valence-electron chi connectivity index (χ2n) is 30.7. The number of nitrogens with one attached hydrogen (secondary N) is 4. The van der Waals surface area contributed by atoms with Crippen LogP contribution in [0.5, 0.6) is 0 Å². The third kappa shape index (κ3) is 21.4. The summed E-state index contributed by atoms with van der Waals surface area (Å²) >= 11 is 0. The molecule has 5 N–H and O–H groups in total. The summed E-state index contributed by atoms with van der Waals surface area (Å²) < 4.78 is 19.2. The van der Waals surface area contributed by atoms with E-state index in [4.69, 9.17) is 23.9 Å². The van der Waals surface area contributed by atoms with Crippen molar-refractivity contribution < 1.29 is 62.4 Å². The van der Waals surface area contributed by atoms with E-state index < -0.39 is 42.1 Å². The summed E-state index contributed by atoms with van der Waals surface area (Å²) in [5.74, 6) is 25.1. The number of imidazole rings is 2. The first-order chi connectivity index (χ1) is 52.1. The minimum absolute atomic E-state index is 0.00687. The number of likely N-dealkylation sites (tertiary alicyclic amines) is 4. The molecule has 6 aliphatic heterocycles. The number of esters is 2. The molecule has 0 radical (unpaired) electrons. The maximum atomic E-state index is 13.7. The average molecular weight is 1490 g/mol. The molecule has 6 amide bonds. The topological polar surface area (TPSA) is 313 Å². The maximum absolute atomic E-state index is 13.7. The zero-order valence-corrected chi connectivity index (χ0v) is 65.3. The average Bonchev–Trinajstić information content (AvgIpc) is 1.68. The number of ether oxygens (including phenoxy) is 4. The fourth-order valence-corrected chi connectivity index (χ4v) is 14.7. The highest BCUT2D eigenvalue weighted by atomic mass is 16.5. The number of nitrogens with zero attached hydrogens (tertiary/aromatic N) is 8. The Bertz CT molecular complexity index is 4380. The molecule has 4 aromatic rings. The molecule has 0 saturated carbocycles. The molecule has 12 atom stereocenters. The van der Waals surface area contributed by atoms with Gasteiger partial charge in [-0.25, -0.2) is 19.6 Å². The van der Waals surface area contributed by atoms with Crippen molar-refractivity contribution in [2.75, 3.05) is 61.2 Å². The number of allylic oxidation sites excluding steroid dienone is 2. The fourth-order valence-electron chi connectivity index (χ4n) is 14.7. The second-order valence-corrected chi connectivity index (χ2v) is 30.7. The Hall–Kier alpha value is -10.8. The molecule has 25 nitrogen and oxygen atoms in total. The Kier molecular flexibility index (Phi) is 28.6. The highest BCUT2D eigenvalue weighted by molar-refractivity contribution is 5.99. The Morgan fingerprint density at radius 3 is 1.44 bits per heavy atom. The lowest BCUT2D eigenvalue weighted by molar-refractivity contribution is -0.148. The monoisotopic (exact) mass is 1490 g/mol. The third-order valence-electron chi connectivity index (χ3n) is 20.9. The molecule has 6 unspecified atom stereocenters. The Labute approximate surface area is 640 Å². The molecule has 8 heterocycles. The number of amides is 6. The molecule has 578 valence electrons. The van der Waals surface area contributed by atoms with Crippen LogP contribution in [0.2, 0.25) is 0 Å². The molecular weight excluding hydrogens is 1390 g/mol. The van der Waals surface area contributed by atoms with E-state index in [0.717, 1.165) is 64.1 Å². The molecule has 25 heteroatoms. The van der Waals surface area contributed by atoms with Gasteiger partial charge in [0.2, 0.25) is 23.6 Å². The number of methoxy groups -OCH3 is 4. The number of rotatable bonds is 19. The highest BCUT2D eigenvalue weighted by Gasteiger charge is 2.45. The number of hydrogen-bond acceptors (Lipinski definition) is 17. The number of aromatic nitrogens is 4. The number of carbonyl (C=O) groups is 8. The first-order valence-electron chi connectivity index (χ1n) is 37.6. The van der Waals surface area contributed by atoms with Crippen molar-refractivity contribution in [1.82, 2.24) is 50.2 Å². The summed E-state index contributed by atoms with van der Waals surface area (Å²) in [6, 6.07) is 13.0. The van der Waals surface area contributed by atoms with Crippen LogP contribution >= 0.6 is 0 Å². The number of benzene rings is 2. The number of alkyl carbamates (subject to hydrolysis) is 2. The fraction of sp³-hybridized carbons (Fsp3) is 0.524. The molecule has 4 saturated heterocycles. The quantitative estimate of drug-likeness (QED) is 0.0332. The first-order valence-corrected chi connectivity index (χ1v) is 37.6. The van der Waals surface area contributed by atoms with E-state index in [0.29, 0.717) is 74.4 Å². The van der Waals surface area contributed by atoms with E-state index in [2.05, 4.69) is 104 Å². The van der Waals surface area contributed by atoms with E-state index >= 15 is 0 Å². The Morgan fingerprint density at radius 1 is 0.514 bits per heavy atom. The van der Waals surface area contributed by atoms with Crippen LogP contribution in [0.4, 0.5) is 9.59 Å². The number of aliphatic hydroxyl groups excluding tert-OH is 1. The van der Waals surface area contributed by atoms with Crippen molar-refractivity contribution in [3.05, 3.63) is 130 Å². The van der Waals surface area contributed by atoms with Crippen molar-refractivity contribution in [1.29, 1.82) is 0 Å². The molecular formula is C84H104N12O13. The van der Waals surface area contributed by atoms with Gasteiger partial charge in [-0.2, -0.15) is 0 Å². The lowest BCUT2D eigenvalue weighted by atomic mass is 9.90. The van der Waals surface area contributed by atoms with Crippen LogP contribution in [0.25, 0.3) is 0 Å². The smallest absolute Gasteiger partial charge is 0.407 e. The van der Waals surface area contributed by atoms with Gasteiger partial charge in [0.1, 0.15) is 35.1 Å². The summed E-state index contributed by atoms with van der Waals surface area (Å²) in [5, 5.41) is 15.3. The van der Waals surface area contributed by atoms with Crippen molar-refractivity contribution in [3.63, 3.8) is 0 Å². The van der Waals surface area contributed by atoms with Gasteiger partial charge in [-0.3, -0.25) is 38.8 Å². The van der Waals surface area contributed by atoms with Crippen LogP contribution in [0.15, 0.2) is 94.5 Å². The predicted octanol–water partition coefficient (Wildman–Crippen LogP) is 9.48. The molecule has 10 rings (SSSR count). The number of carbonyl (C=O) groups excluding carboxylic acids is 8. The van der Waals surface area contributed by atoms with Crippen molar-refractivity contribution in [3.8, 4) is 47.4 Å². The van der Waals surface area contributed by atoms with Gasteiger partial charge in [-0.15, -0.1) is 0 Å². The van der Waals surface area contributed by atoms with Crippen molar-refractivity contribution in [2.24, 2.45) is 69.2 Å². The van der Waals surface area contributed by atoms with Crippen LogP contribution in [-0.2, 0) is 47.7 Å². The molecule has 2 aromatic carbocycles. The lowest BCUT2D eigenvalue weighted by Gasteiger charge is -2.30. The molecule has 109 heavy (non-hydrogen) atoms. The summed E-state index contributed by atoms with van der Waals surface area (Å²) in [4.78, 5) is 135. The van der Waals surface area contributed by atoms with Crippen LogP contribution in [0.3, 0.4) is 0 Å². The SMILES string of the molecule is COC(=O)CC(C(=O)N1CC(CO)CC1C1=NC=C(C#Cc2ccc(C#Cc3cnc(C4CC(C)CN4C(=O)C(NC(=O)OC)C(C)C)[nH]3)cc2)C1)C(C)C.COC(=O)C[C@@H](C(C)C)[14C](=O)N1C[C@@H](C)C[C@H]1C1=NC=C(C#Cc2ccc(C#Cc3cnc([C@@H]4C[C@H](C)CN4[14C](=O)[C@@H](NC(=O)OC)C(C)C)[nH]3)cc2)C1. The maximum Gasteiger partial charge on any atom is 0.407 e. The minimum atomic E-state index is -0.715. The molecule has 0 spiro atoms. The number of aliphatic imine (C=N–C) groups is 2. The van der Waals surface area contributed by atoms with Crippen LogP contribution in [0, 0.1) is 107 Å². The molecule has 0 bridgehead atoms. The van der Waals surface area contributed by atoms with Gasteiger partial charge in [-0.1, -0.05) is 112 Å². The van der Waals surface area contributed by atoms with Gasteiger partial charge < -0.3 is 64.3 Å². The second kappa shape index (κ2) is 37.9. The number of aliphatic hydroxyl groups is 1.